The Kier molecular flexibility index (Phi) is 16.3. The van der Waals surface area contributed by atoms with Gasteiger partial charge in [0.2, 0.25) is 17.7 Å². The van der Waals surface area contributed by atoms with Gasteiger partial charge < -0.3 is 35.7 Å². The van der Waals surface area contributed by atoms with Gasteiger partial charge in [-0.1, -0.05) is 63.2 Å². The van der Waals surface area contributed by atoms with Crippen LogP contribution >= 0.6 is 11.3 Å². The van der Waals surface area contributed by atoms with E-state index in [9.17, 15) is 24.3 Å². The summed E-state index contributed by atoms with van der Waals surface area (Å²) in [5.74, 6) is -3.58. The second-order valence-corrected chi connectivity index (χ2v) is 21.7. The molecular weight excluding hydrogens is 972 g/mol. The molecular formula is C55H64F3N9O6S. The number of carbonyl (C=O) groups is 4. The van der Waals surface area contributed by atoms with E-state index in [2.05, 4.69) is 31.0 Å². The number of carbonyl (C=O) groups excluding carboxylic acids is 4. The molecule has 0 radical (unpaired) electrons. The number of hydrogen-bond donors (Lipinski definition) is 5. The van der Waals surface area contributed by atoms with Gasteiger partial charge in [-0.3, -0.25) is 28.8 Å². The molecule has 0 spiro atoms. The Morgan fingerprint density at radius 1 is 1.01 bits per heavy atom. The maximum Gasteiger partial charge on any atom is 0.255 e. The van der Waals surface area contributed by atoms with Gasteiger partial charge in [-0.05, 0) is 86.1 Å². The smallest absolute Gasteiger partial charge is 0.255 e. The minimum absolute atomic E-state index is 0.0454. The number of benzene rings is 3. The number of nitrogens with zero attached hydrogens (tertiary/aromatic N) is 5. The van der Waals surface area contributed by atoms with Crippen molar-refractivity contribution < 1.29 is 42.2 Å². The Hall–Kier alpha value is -6.67. The summed E-state index contributed by atoms with van der Waals surface area (Å²) in [6.07, 6.45) is 5.11. The number of para-hydroxylation sites is 1. The minimum atomic E-state index is -1.63. The second kappa shape index (κ2) is 22.4. The molecule has 3 aromatic carbocycles. The highest BCUT2D eigenvalue weighted by atomic mass is 32.1. The molecule has 2 aliphatic rings. The number of aliphatic hydroxyl groups is 1. The number of fused-ring (bicyclic) bond motifs is 3. The highest BCUT2D eigenvalue weighted by Crippen LogP contribution is 2.43. The summed E-state index contributed by atoms with van der Waals surface area (Å²) in [5, 5.41) is 24.3. The first-order valence-electron chi connectivity index (χ1n) is 24.8. The lowest BCUT2D eigenvalue weighted by Gasteiger charge is -2.43. The number of likely N-dealkylation sites (tertiary alicyclic amines) is 1. The molecule has 2 aliphatic heterocycles. The van der Waals surface area contributed by atoms with E-state index in [-0.39, 0.29) is 75.1 Å². The fourth-order valence-corrected chi connectivity index (χ4v) is 10.6. The second-order valence-electron chi connectivity index (χ2n) is 20.9. The average molecular weight is 1040 g/mol. The van der Waals surface area contributed by atoms with Crippen molar-refractivity contribution in [2.45, 2.75) is 110 Å². The number of aromatic nitrogens is 4. The van der Waals surface area contributed by atoms with Crippen LogP contribution in [-0.4, -0.2) is 121 Å². The van der Waals surface area contributed by atoms with E-state index < -0.39 is 70.6 Å². The molecule has 0 aliphatic carbocycles. The Morgan fingerprint density at radius 2 is 1.74 bits per heavy atom. The summed E-state index contributed by atoms with van der Waals surface area (Å²) < 4.78 is 54.6. The third-order valence-corrected chi connectivity index (χ3v) is 14.4. The van der Waals surface area contributed by atoms with Gasteiger partial charge in [-0.2, -0.15) is 5.10 Å². The number of H-pyrrole nitrogens is 1. The average Bonchev–Trinajstić information content (AvgIpc) is 4.17. The maximum atomic E-state index is 16.1. The molecule has 1 unspecified atom stereocenters. The van der Waals surface area contributed by atoms with Crippen molar-refractivity contribution in [2.24, 2.45) is 5.41 Å². The van der Waals surface area contributed by atoms with Gasteiger partial charge in [-0.25, -0.2) is 18.2 Å². The lowest BCUT2D eigenvalue weighted by atomic mass is 9.85. The number of hydrogen-bond acceptors (Lipinski definition) is 10. The Morgan fingerprint density at radius 3 is 2.43 bits per heavy atom. The number of halogens is 3. The number of β-amino-alcohol motifs (C(OH)–C–C–N with tert-alkyl or cyclic N) is 1. The van der Waals surface area contributed by atoms with Crippen molar-refractivity contribution in [1.29, 1.82) is 0 Å². The predicted molar refractivity (Wildman–Crippen MR) is 278 cm³/mol. The zero-order valence-electron chi connectivity index (χ0n) is 42.7. The first-order chi connectivity index (χ1) is 35.1. The van der Waals surface area contributed by atoms with Gasteiger partial charge in [0.1, 0.15) is 29.4 Å². The summed E-state index contributed by atoms with van der Waals surface area (Å²) >= 11 is 1.56. The Bertz CT molecular complexity index is 3010. The van der Waals surface area contributed by atoms with Crippen LogP contribution in [0.25, 0.3) is 27.4 Å². The van der Waals surface area contributed by atoms with Crippen molar-refractivity contribution in [2.75, 3.05) is 32.8 Å². The zero-order valence-corrected chi connectivity index (χ0v) is 43.5. The van der Waals surface area contributed by atoms with Crippen LogP contribution in [0.4, 0.5) is 13.2 Å². The van der Waals surface area contributed by atoms with Crippen LogP contribution in [0.3, 0.4) is 0 Å². The number of rotatable bonds is 18. The van der Waals surface area contributed by atoms with Crippen molar-refractivity contribution in [3.8, 4) is 10.4 Å². The van der Waals surface area contributed by atoms with Gasteiger partial charge >= 0.3 is 0 Å². The van der Waals surface area contributed by atoms with Crippen LogP contribution in [0.5, 0.6) is 0 Å². The van der Waals surface area contributed by atoms with E-state index in [0.29, 0.717) is 12.1 Å². The standard InChI is InChI=1S/C55H64F3N9O6S/c1-32-22-40-39-10-8-9-11-43(39)63-47(40)48(67(32)30-55(6,7)58)46-41(56)23-35(24-42(46)57)14-17-45(69)59-18-20-73-21-19-65-28-37(27-62-65)51(70)64-50(54(3,4)5)53(72)66-29-38(68)25-44(66)52(71)60-26-34-12-15-36(16-13-34)49-33(2)61-31-74-49/h8-17,23-24,27-28,31-32,38,44,48,50,63,68H,18-22,25-26,29-30H2,1-7H3,(H,59,69)(H,60,71)(H,64,70)/b17-14+/t32-,38-,44+,48-,50?/m1/s1. The number of amides is 4. The topological polar surface area (TPSA) is 187 Å². The number of ether oxygens (including phenoxy) is 1. The molecule has 1 saturated heterocycles. The molecule has 0 bridgehead atoms. The molecule has 15 nitrogen and oxygen atoms in total. The molecule has 5 N–H and O–H groups in total. The summed E-state index contributed by atoms with van der Waals surface area (Å²) in [6.45, 7) is 13.0. The van der Waals surface area contributed by atoms with E-state index in [0.717, 1.165) is 38.2 Å². The normalized spacial score (nSPS) is 18.7. The maximum absolute atomic E-state index is 16.1. The molecule has 5 atom stereocenters. The van der Waals surface area contributed by atoms with Crippen LogP contribution in [0, 0.1) is 24.0 Å². The fraction of sp³-hybridized carbons (Fsp3) is 0.418. The van der Waals surface area contributed by atoms with Crippen LogP contribution in [0.15, 0.2) is 84.6 Å². The lowest BCUT2D eigenvalue weighted by molar-refractivity contribution is -0.142. The van der Waals surface area contributed by atoms with Crippen LogP contribution in [0.2, 0.25) is 0 Å². The summed E-state index contributed by atoms with van der Waals surface area (Å²) in [7, 11) is 0. The number of aliphatic hydroxyl groups excluding tert-OH is 1. The molecule has 19 heteroatoms. The largest absolute Gasteiger partial charge is 0.391 e. The predicted octanol–water partition coefficient (Wildman–Crippen LogP) is 7.43. The number of alkyl halides is 1. The van der Waals surface area contributed by atoms with Crippen molar-refractivity contribution in [3.63, 3.8) is 0 Å². The van der Waals surface area contributed by atoms with Gasteiger partial charge in [0.15, 0.2) is 0 Å². The number of thiazole rings is 1. The van der Waals surface area contributed by atoms with Gasteiger partial charge in [-0.15, -0.1) is 11.3 Å². The molecule has 1 fully saturated rings. The molecule has 8 rings (SSSR count). The Balaban J connectivity index is 0.798. The minimum Gasteiger partial charge on any atom is -0.391 e. The fourth-order valence-electron chi connectivity index (χ4n) is 9.80. The quantitative estimate of drug-likeness (QED) is 0.0431. The molecule has 3 aromatic heterocycles. The van der Waals surface area contributed by atoms with E-state index in [1.165, 1.54) is 60.1 Å². The highest BCUT2D eigenvalue weighted by molar-refractivity contribution is 7.13. The molecule has 4 amide bonds. The Labute approximate surface area is 432 Å². The molecule has 74 heavy (non-hydrogen) atoms. The molecule has 6 aromatic rings. The molecule has 0 saturated carbocycles. The third kappa shape index (κ3) is 12.5. The highest BCUT2D eigenvalue weighted by Gasteiger charge is 2.45. The first kappa shape index (κ1) is 53.6. The van der Waals surface area contributed by atoms with Crippen LogP contribution in [0.1, 0.15) is 98.0 Å². The first-order valence-corrected chi connectivity index (χ1v) is 25.7. The summed E-state index contributed by atoms with van der Waals surface area (Å²) in [4.78, 5) is 65.8. The van der Waals surface area contributed by atoms with E-state index in [4.69, 9.17) is 4.74 Å². The third-order valence-electron chi connectivity index (χ3n) is 13.5. The monoisotopic (exact) mass is 1040 g/mol. The van der Waals surface area contributed by atoms with Crippen molar-refractivity contribution in [1.82, 2.24) is 45.5 Å². The zero-order chi connectivity index (χ0) is 53.1. The van der Waals surface area contributed by atoms with Gasteiger partial charge in [0, 0.05) is 73.1 Å². The van der Waals surface area contributed by atoms with Crippen LogP contribution < -0.4 is 16.0 Å². The van der Waals surface area contributed by atoms with E-state index in [1.807, 2.05) is 62.4 Å². The summed E-state index contributed by atoms with van der Waals surface area (Å²) in [6, 6.07) is 14.7. The lowest BCUT2D eigenvalue weighted by Crippen LogP contribution is -2.57. The molecule has 392 valence electrons. The number of nitrogens with one attached hydrogen (secondary N) is 4. The van der Waals surface area contributed by atoms with Crippen LogP contribution in [-0.2, 0) is 38.6 Å². The number of aryl methyl sites for hydroxylation is 1. The van der Waals surface area contributed by atoms with Crippen molar-refractivity contribution in [3.05, 3.63) is 135 Å². The van der Waals surface area contributed by atoms with Crippen molar-refractivity contribution >= 4 is 51.9 Å². The van der Waals surface area contributed by atoms with E-state index >= 15 is 13.2 Å². The van der Waals surface area contributed by atoms with E-state index in [1.54, 1.807) is 42.5 Å². The van der Waals surface area contributed by atoms with Gasteiger partial charge in [0.25, 0.3) is 5.91 Å². The summed E-state index contributed by atoms with van der Waals surface area (Å²) in [5.41, 5.74) is 4.79. The SMILES string of the molecule is Cc1ncsc1-c1ccc(CNC(=O)[C@@H]2C[C@@H](O)CN2C(=O)C(NC(=O)c2cnn(CCOCCNC(=O)/C=C/c3cc(F)c([C@@H]4c5[nH]c6ccccc6c5C[C@@H](C)N4CC(C)(C)F)c(F)c3)c2)C(C)(C)C)cc1. The molecule has 5 heterocycles. The number of aromatic amines is 1. The van der Waals surface area contributed by atoms with Gasteiger partial charge in [0.05, 0.1) is 59.7 Å².